The van der Waals surface area contributed by atoms with Crippen LogP contribution < -0.4 is 0 Å². The lowest BCUT2D eigenvalue weighted by Crippen LogP contribution is -2.22. The van der Waals surface area contributed by atoms with Crippen molar-refractivity contribution in [2.75, 3.05) is 0 Å². The van der Waals surface area contributed by atoms with Crippen molar-refractivity contribution >= 4 is 13.3 Å². The molecule has 0 heterocycles. The van der Waals surface area contributed by atoms with E-state index in [0.29, 0.717) is 0 Å². The standard InChI is InChI=1S/C13H18Si/c1-6-13(14(3,4)5)12-10-8-7-9-11(12)2/h7-10H,1H2,2-5H3. The van der Waals surface area contributed by atoms with E-state index in [9.17, 15) is 0 Å². The van der Waals surface area contributed by atoms with E-state index in [1.807, 2.05) is 0 Å². The van der Waals surface area contributed by atoms with E-state index in [1.165, 1.54) is 16.3 Å². The van der Waals surface area contributed by atoms with E-state index < -0.39 is 8.07 Å². The summed E-state index contributed by atoms with van der Waals surface area (Å²) in [5.41, 5.74) is 5.77. The highest BCUT2D eigenvalue weighted by molar-refractivity contribution is 6.93. The minimum absolute atomic E-state index is 1.32. The molecule has 0 radical (unpaired) electrons. The number of benzene rings is 1. The summed E-state index contributed by atoms with van der Waals surface area (Å²) >= 11 is 0. The van der Waals surface area contributed by atoms with Crippen LogP contribution in [0.25, 0.3) is 5.20 Å². The number of hydrogen-bond acceptors (Lipinski definition) is 0. The molecule has 0 N–H and O–H groups in total. The fourth-order valence-electron chi connectivity index (χ4n) is 1.62. The smallest absolute Gasteiger partial charge is 0.0883 e. The van der Waals surface area contributed by atoms with Gasteiger partial charge in [0.25, 0.3) is 0 Å². The number of hydrogen-bond donors (Lipinski definition) is 0. The highest BCUT2D eigenvalue weighted by Crippen LogP contribution is 2.26. The summed E-state index contributed by atoms with van der Waals surface area (Å²) in [6.07, 6.45) is 0. The summed E-state index contributed by atoms with van der Waals surface area (Å²) in [7, 11) is -1.32. The monoisotopic (exact) mass is 202 g/mol. The van der Waals surface area contributed by atoms with Crippen molar-refractivity contribution in [2.45, 2.75) is 26.6 Å². The molecular formula is C13H18Si. The van der Waals surface area contributed by atoms with Crippen LogP contribution in [0.5, 0.6) is 0 Å². The molecule has 0 unspecified atom stereocenters. The average Bonchev–Trinajstić information content (AvgIpc) is 2.07. The minimum atomic E-state index is -1.32. The van der Waals surface area contributed by atoms with Crippen molar-refractivity contribution in [3.05, 3.63) is 47.7 Å². The summed E-state index contributed by atoms with van der Waals surface area (Å²) in [5, 5.41) is 1.33. The quantitative estimate of drug-likeness (QED) is 0.501. The van der Waals surface area contributed by atoms with E-state index in [0.717, 1.165) is 0 Å². The van der Waals surface area contributed by atoms with Crippen LogP contribution in [0.4, 0.5) is 0 Å². The highest BCUT2D eigenvalue weighted by Gasteiger charge is 2.21. The van der Waals surface area contributed by atoms with Crippen molar-refractivity contribution in [3.8, 4) is 0 Å². The van der Waals surface area contributed by atoms with Gasteiger partial charge in [0, 0.05) is 0 Å². The van der Waals surface area contributed by atoms with Crippen molar-refractivity contribution in [3.63, 3.8) is 0 Å². The molecule has 1 heteroatoms. The van der Waals surface area contributed by atoms with E-state index in [2.05, 4.69) is 63.1 Å². The van der Waals surface area contributed by atoms with Gasteiger partial charge in [-0.15, -0.1) is 5.73 Å². The first-order valence-corrected chi connectivity index (χ1v) is 8.43. The lowest BCUT2D eigenvalue weighted by atomic mass is 10.1. The van der Waals surface area contributed by atoms with Gasteiger partial charge in [0.1, 0.15) is 0 Å². The highest BCUT2D eigenvalue weighted by atomic mass is 28.3. The van der Waals surface area contributed by atoms with Gasteiger partial charge in [0.2, 0.25) is 0 Å². The topological polar surface area (TPSA) is 0 Å². The van der Waals surface area contributed by atoms with Gasteiger partial charge in [-0.05, 0) is 23.2 Å². The van der Waals surface area contributed by atoms with Crippen LogP contribution in [0.15, 0.2) is 36.6 Å². The molecule has 0 aliphatic rings. The summed E-state index contributed by atoms with van der Waals surface area (Å²) < 4.78 is 0. The summed E-state index contributed by atoms with van der Waals surface area (Å²) in [5.74, 6) is 0. The van der Waals surface area contributed by atoms with Gasteiger partial charge in [-0.3, -0.25) is 0 Å². The molecule has 0 nitrogen and oxygen atoms in total. The predicted octanol–water partition coefficient (Wildman–Crippen LogP) is 4.04. The molecule has 0 aromatic heterocycles. The summed E-state index contributed by atoms with van der Waals surface area (Å²) in [6.45, 7) is 12.9. The molecule has 14 heavy (non-hydrogen) atoms. The molecule has 74 valence electrons. The molecule has 1 rings (SSSR count). The van der Waals surface area contributed by atoms with Gasteiger partial charge in [-0.1, -0.05) is 50.5 Å². The third kappa shape index (κ3) is 2.25. The van der Waals surface area contributed by atoms with Crippen LogP contribution in [0, 0.1) is 6.92 Å². The molecule has 0 fully saturated rings. The second-order valence-electron chi connectivity index (χ2n) is 4.62. The molecule has 1 aromatic carbocycles. The Bertz CT molecular complexity index is 376. The normalized spacial score (nSPS) is 10.9. The molecule has 0 saturated carbocycles. The predicted molar refractivity (Wildman–Crippen MR) is 67.1 cm³/mol. The maximum Gasteiger partial charge on any atom is 0.0883 e. The summed E-state index contributed by atoms with van der Waals surface area (Å²) in [6, 6.07) is 8.47. The van der Waals surface area contributed by atoms with Crippen LogP contribution in [-0.2, 0) is 0 Å². The van der Waals surface area contributed by atoms with Gasteiger partial charge in [-0.2, -0.15) is 0 Å². The average molecular weight is 202 g/mol. The molecule has 0 amide bonds. The van der Waals surface area contributed by atoms with Crippen molar-refractivity contribution in [1.82, 2.24) is 0 Å². The van der Waals surface area contributed by atoms with Gasteiger partial charge in [-0.25, -0.2) is 0 Å². The molecular weight excluding hydrogens is 184 g/mol. The SMILES string of the molecule is C=C=C(c1ccccc1C)[Si](C)(C)C. The minimum Gasteiger partial charge on any atom is -0.129 e. The van der Waals surface area contributed by atoms with Gasteiger partial charge in [0.05, 0.1) is 8.07 Å². The van der Waals surface area contributed by atoms with E-state index in [-0.39, 0.29) is 0 Å². The van der Waals surface area contributed by atoms with E-state index >= 15 is 0 Å². The van der Waals surface area contributed by atoms with Crippen LogP contribution >= 0.6 is 0 Å². The van der Waals surface area contributed by atoms with E-state index in [1.54, 1.807) is 0 Å². The van der Waals surface area contributed by atoms with Gasteiger partial charge >= 0.3 is 0 Å². The Balaban J connectivity index is 3.30. The Labute approximate surface area is 88.0 Å². The molecule has 0 aliphatic heterocycles. The maximum atomic E-state index is 3.82. The Morgan fingerprint density at radius 2 is 1.79 bits per heavy atom. The molecule has 0 bridgehead atoms. The van der Waals surface area contributed by atoms with Gasteiger partial charge < -0.3 is 0 Å². The Hall–Kier alpha value is -1.04. The van der Waals surface area contributed by atoms with Crippen molar-refractivity contribution in [2.24, 2.45) is 0 Å². The van der Waals surface area contributed by atoms with Crippen molar-refractivity contribution < 1.29 is 0 Å². The van der Waals surface area contributed by atoms with Crippen LogP contribution in [0.1, 0.15) is 11.1 Å². The fraction of sp³-hybridized carbons (Fsp3) is 0.308. The zero-order valence-corrected chi connectivity index (χ0v) is 10.5. The molecule has 0 spiro atoms. The first kappa shape index (κ1) is 11.0. The molecule has 0 aliphatic carbocycles. The third-order valence-corrected chi connectivity index (χ3v) is 4.29. The maximum absolute atomic E-state index is 3.82. The second kappa shape index (κ2) is 3.99. The summed E-state index contributed by atoms with van der Waals surface area (Å²) in [4.78, 5) is 0. The first-order chi connectivity index (χ1) is 6.46. The fourth-order valence-corrected chi connectivity index (χ4v) is 3.24. The Kier molecular flexibility index (Phi) is 3.15. The largest absolute Gasteiger partial charge is 0.129 e. The number of rotatable bonds is 2. The molecule has 0 saturated heterocycles. The van der Waals surface area contributed by atoms with Crippen LogP contribution in [0.3, 0.4) is 0 Å². The zero-order chi connectivity index (χ0) is 10.8. The van der Waals surface area contributed by atoms with Gasteiger partial charge in [0.15, 0.2) is 0 Å². The Morgan fingerprint density at radius 1 is 1.21 bits per heavy atom. The van der Waals surface area contributed by atoms with Crippen molar-refractivity contribution in [1.29, 1.82) is 0 Å². The van der Waals surface area contributed by atoms with Crippen LogP contribution in [0.2, 0.25) is 19.6 Å². The lowest BCUT2D eigenvalue weighted by Gasteiger charge is -2.20. The van der Waals surface area contributed by atoms with E-state index in [4.69, 9.17) is 0 Å². The zero-order valence-electron chi connectivity index (χ0n) is 9.52. The third-order valence-electron chi connectivity index (χ3n) is 2.34. The van der Waals surface area contributed by atoms with Crippen LogP contribution in [-0.4, -0.2) is 8.07 Å². The molecule has 1 aromatic rings. The Morgan fingerprint density at radius 3 is 2.21 bits per heavy atom. The lowest BCUT2D eigenvalue weighted by molar-refractivity contribution is 1.43. The molecule has 0 atom stereocenters. The first-order valence-electron chi connectivity index (χ1n) is 4.93. The number of aryl methyl sites for hydroxylation is 1. The second-order valence-corrected chi connectivity index (χ2v) is 9.62.